The molecule has 0 spiro atoms. The van der Waals surface area contributed by atoms with Gasteiger partial charge in [-0.25, -0.2) is 0 Å². The lowest BCUT2D eigenvalue weighted by molar-refractivity contribution is -0.123. The summed E-state index contributed by atoms with van der Waals surface area (Å²) < 4.78 is 0. The Morgan fingerprint density at radius 1 is 0.455 bits per heavy atom. The van der Waals surface area contributed by atoms with Gasteiger partial charge in [0.2, 0.25) is 5.91 Å². The van der Waals surface area contributed by atoms with Gasteiger partial charge in [-0.05, 0) is 96.3 Å². The van der Waals surface area contributed by atoms with Crippen LogP contribution in [0.5, 0.6) is 0 Å². The van der Waals surface area contributed by atoms with E-state index < -0.39 is 12.1 Å². The molecule has 0 aromatic heterocycles. The van der Waals surface area contributed by atoms with Crippen molar-refractivity contribution in [2.24, 2.45) is 0 Å². The van der Waals surface area contributed by atoms with Crippen LogP contribution in [0.3, 0.4) is 0 Å². The monoisotopic (exact) mass is 760 g/mol. The second-order valence-electron chi connectivity index (χ2n) is 14.7. The molecule has 0 rings (SSSR count). The Labute approximate surface area is 340 Å². The van der Waals surface area contributed by atoms with Crippen LogP contribution >= 0.6 is 0 Å². The van der Waals surface area contributed by atoms with Crippen molar-refractivity contribution in [3.63, 3.8) is 0 Å². The van der Waals surface area contributed by atoms with Gasteiger partial charge in [0.25, 0.3) is 0 Å². The summed E-state index contributed by atoms with van der Waals surface area (Å²) in [5.41, 5.74) is 0. The van der Waals surface area contributed by atoms with Crippen LogP contribution < -0.4 is 5.32 Å². The number of hydrogen-bond acceptors (Lipinski definition) is 3. The Morgan fingerprint density at radius 3 is 1.27 bits per heavy atom. The van der Waals surface area contributed by atoms with E-state index in [0.29, 0.717) is 6.42 Å². The lowest BCUT2D eigenvalue weighted by Gasteiger charge is -2.19. The van der Waals surface area contributed by atoms with Crippen molar-refractivity contribution < 1.29 is 15.0 Å². The normalized spacial score (nSPS) is 14.0. The molecule has 55 heavy (non-hydrogen) atoms. The highest BCUT2D eigenvalue weighted by atomic mass is 16.3. The van der Waals surface area contributed by atoms with E-state index in [1.54, 1.807) is 6.08 Å². The van der Waals surface area contributed by atoms with Gasteiger partial charge in [0.15, 0.2) is 0 Å². The Morgan fingerprint density at radius 2 is 0.818 bits per heavy atom. The molecule has 0 saturated heterocycles. The number of nitrogens with one attached hydrogen (secondary N) is 1. The third-order valence-corrected chi connectivity index (χ3v) is 9.47. The molecule has 0 bridgehead atoms. The fourth-order valence-corrected chi connectivity index (χ4v) is 6.03. The first kappa shape index (κ1) is 52.1. The Hall–Kier alpha value is -2.95. The molecular formula is C51H85NO3. The average molecular weight is 760 g/mol. The zero-order valence-corrected chi connectivity index (χ0v) is 35.6. The Bertz CT molecular complexity index is 1090. The molecule has 4 nitrogen and oxygen atoms in total. The van der Waals surface area contributed by atoms with Gasteiger partial charge >= 0.3 is 0 Å². The van der Waals surface area contributed by atoms with Crippen molar-refractivity contribution in [1.82, 2.24) is 5.32 Å². The van der Waals surface area contributed by atoms with Crippen LogP contribution in [-0.4, -0.2) is 34.9 Å². The SMILES string of the molecule is CC/C=C\C/C=C\C/C=C\C/C=C\C/C=C\C/C=C\CCCCCCC(=O)NC(CO)C(O)/C=C/CC/C=C/CC/C=C/CCCCCCCCCCCC. The number of unbranched alkanes of at least 4 members (excludes halogenated alkanes) is 16. The molecule has 312 valence electrons. The third-order valence-electron chi connectivity index (χ3n) is 9.47. The van der Waals surface area contributed by atoms with Gasteiger partial charge in [0.1, 0.15) is 0 Å². The number of amides is 1. The van der Waals surface area contributed by atoms with E-state index in [1.165, 1.54) is 70.6 Å². The van der Waals surface area contributed by atoms with Crippen LogP contribution in [0.25, 0.3) is 0 Å². The average Bonchev–Trinajstić information content (AvgIpc) is 3.19. The zero-order valence-electron chi connectivity index (χ0n) is 35.6. The molecule has 0 saturated carbocycles. The number of rotatable bonds is 39. The minimum atomic E-state index is -0.889. The van der Waals surface area contributed by atoms with E-state index in [-0.39, 0.29) is 12.5 Å². The molecule has 4 heteroatoms. The van der Waals surface area contributed by atoms with Crippen LogP contribution in [0.4, 0.5) is 0 Å². The van der Waals surface area contributed by atoms with Crippen molar-refractivity contribution in [3.8, 4) is 0 Å². The maximum atomic E-state index is 12.4. The van der Waals surface area contributed by atoms with Crippen LogP contribution in [-0.2, 0) is 4.79 Å². The molecule has 3 N–H and O–H groups in total. The molecule has 0 aromatic rings. The van der Waals surface area contributed by atoms with Gasteiger partial charge in [-0.3, -0.25) is 4.79 Å². The smallest absolute Gasteiger partial charge is 0.220 e. The number of aliphatic hydroxyl groups is 2. The number of carbonyl (C=O) groups is 1. The number of allylic oxidation sites excluding steroid dienone is 17. The van der Waals surface area contributed by atoms with Gasteiger partial charge in [-0.2, -0.15) is 0 Å². The lowest BCUT2D eigenvalue weighted by Crippen LogP contribution is -2.45. The molecule has 0 heterocycles. The maximum Gasteiger partial charge on any atom is 0.220 e. The molecular weight excluding hydrogens is 675 g/mol. The van der Waals surface area contributed by atoms with Crippen LogP contribution in [0.15, 0.2) is 109 Å². The fourth-order valence-electron chi connectivity index (χ4n) is 6.03. The maximum absolute atomic E-state index is 12.4. The molecule has 2 unspecified atom stereocenters. The van der Waals surface area contributed by atoms with Gasteiger partial charge in [0.05, 0.1) is 18.8 Å². The quantitative estimate of drug-likeness (QED) is 0.0432. The summed E-state index contributed by atoms with van der Waals surface area (Å²) in [6.45, 7) is 4.15. The van der Waals surface area contributed by atoms with E-state index in [2.05, 4.69) is 116 Å². The summed E-state index contributed by atoms with van der Waals surface area (Å²) in [4.78, 5) is 12.4. The molecule has 1 amide bonds. The highest BCUT2D eigenvalue weighted by Crippen LogP contribution is 2.12. The first-order valence-corrected chi connectivity index (χ1v) is 22.6. The zero-order chi connectivity index (χ0) is 40.0. The molecule has 2 atom stereocenters. The molecule has 0 radical (unpaired) electrons. The van der Waals surface area contributed by atoms with Crippen molar-refractivity contribution in [3.05, 3.63) is 109 Å². The highest BCUT2D eigenvalue weighted by Gasteiger charge is 2.17. The second kappa shape index (κ2) is 45.4. The van der Waals surface area contributed by atoms with Gasteiger partial charge in [0, 0.05) is 6.42 Å². The minimum Gasteiger partial charge on any atom is -0.394 e. The third kappa shape index (κ3) is 42.0. The van der Waals surface area contributed by atoms with Crippen molar-refractivity contribution in [1.29, 1.82) is 0 Å². The van der Waals surface area contributed by atoms with Crippen molar-refractivity contribution >= 4 is 5.91 Å². The highest BCUT2D eigenvalue weighted by molar-refractivity contribution is 5.76. The Balaban J connectivity index is 3.76. The lowest BCUT2D eigenvalue weighted by atomic mass is 10.1. The number of carbonyl (C=O) groups excluding carboxylic acids is 1. The standard InChI is InChI=1S/C51H85NO3/c1-3-5-7-9-11-13-15-17-19-21-23-25-26-27-29-31-33-35-37-39-41-43-45-47-51(55)52-49(48-53)50(54)46-44-42-40-38-36-34-32-30-28-24-22-20-18-16-14-12-10-8-6-4-2/h5,7,11,13,17,19,23,25,27-30,33,35-36,38,44,46,49-50,53-54H,3-4,6,8-10,12,14-16,18,20-22,24,26,31-32,34,37,39-43,45,47-48H2,1-2H3,(H,52,55)/b7-5-,13-11-,19-17-,25-23-,29-27-,30-28+,35-33-,38-36+,46-44+. The molecule has 0 aliphatic rings. The predicted octanol–water partition coefficient (Wildman–Crippen LogP) is 14.4. The van der Waals surface area contributed by atoms with Crippen LogP contribution in [0.1, 0.15) is 187 Å². The van der Waals surface area contributed by atoms with Crippen molar-refractivity contribution in [2.75, 3.05) is 6.61 Å². The minimum absolute atomic E-state index is 0.107. The molecule has 0 aliphatic heterocycles. The number of aliphatic hydroxyl groups excluding tert-OH is 2. The molecule has 0 fully saturated rings. The van der Waals surface area contributed by atoms with E-state index in [9.17, 15) is 15.0 Å². The summed E-state index contributed by atoms with van der Waals surface area (Å²) in [7, 11) is 0. The van der Waals surface area contributed by atoms with E-state index >= 15 is 0 Å². The first-order chi connectivity index (χ1) is 27.2. The van der Waals surface area contributed by atoms with Gasteiger partial charge in [-0.1, -0.05) is 194 Å². The largest absolute Gasteiger partial charge is 0.394 e. The summed E-state index contributed by atoms with van der Waals surface area (Å²) in [5.74, 6) is -0.107. The fraction of sp³-hybridized carbons (Fsp3) is 0.627. The van der Waals surface area contributed by atoms with Crippen molar-refractivity contribution in [2.45, 2.75) is 199 Å². The van der Waals surface area contributed by atoms with E-state index in [0.717, 1.165) is 96.3 Å². The topological polar surface area (TPSA) is 69.6 Å². The molecule has 0 aromatic carbocycles. The summed E-state index contributed by atoms with van der Waals surface area (Å²) in [5, 5.41) is 23.0. The summed E-state index contributed by atoms with van der Waals surface area (Å²) >= 11 is 0. The van der Waals surface area contributed by atoms with Crippen LogP contribution in [0.2, 0.25) is 0 Å². The first-order valence-electron chi connectivity index (χ1n) is 22.6. The second-order valence-corrected chi connectivity index (χ2v) is 14.7. The summed E-state index contributed by atoms with van der Waals surface area (Å²) in [6.07, 6.45) is 69.1. The van der Waals surface area contributed by atoms with Gasteiger partial charge < -0.3 is 15.5 Å². The van der Waals surface area contributed by atoms with Gasteiger partial charge in [-0.15, -0.1) is 0 Å². The predicted molar refractivity (Wildman–Crippen MR) is 243 cm³/mol. The summed E-state index contributed by atoms with van der Waals surface area (Å²) in [6, 6.07) is -0.667. The number of hydrogen-bond donors (Lipinski definition) is 3. The van der Waals surface area contributed by atoms with E-state index in [4.69, 9.17) is 0 Å². The molecule has 0 aliphatic carbocycles. The Kier molecular flexibility index (Phi) is 43.0. The van der Waals surface area contributed by atoms with E-state index in [1.807, 2.05) is 6.08 Å². The van der Waals surface area contributed by atoms with Crippen LogP contribution in [0, 0.1) is 0 Å².